The van der Waals surface area contributed by atoms with E-state index in [0.717, 1.165) is 12.8 Å². The second kappa shape index (κ2) is 6.37. The van der Waals surface area contributed by atoms with Crippen LogP contribution in [0.4, 0.5) is 0 Å². The summed E-state index contributed by atoms with van der Waals surface area (Å²) < 4.78 is 10.3. The molecule has 0 saturated carbocycles. The van der Waals surface area contributed by atoms with Gasteiger partial charge in [-0.1, -0.05) is 13.8 Å². The molecule has 0 radical (unpaired) electrons. The largest absolute Gasteiger partial charge is 0.376 e. The van der Waals surface area contributed by atoms with Crippen molar-refractivity contribution in [3.63, 3.8) is 0 Å². The van der Waals surface area contributed by atoms with Gasteiger partial charge in [-0.25, -0.2) is 0 Å². The third kappa shape index (κ3) is 6.54. The lowest BCUT2D eigenvalue weighted by Gasteiger charge is -2.24. The van der Waals surface area contributed by atoms with Gasteiger partial charge in [0.15, 0.2) is 5.85 Å². The van der Waals surface area contributed by atoms with Gasteiger partial charge < -0.3 is 9.47 Å². The van der Waals surface area contributed by atoms with E-state index in [1.54, 1.807) is 0 Å². The number of rotatable bonds is 7. The maximum Gasteiger partial charge on any atom is 0.193 e. The number of ether oxygens (including phenoxy) is 2. The van der Waals surface area contributed by atoms with E-state index in [2.05, 4.69) is 0 Å². The van der Waals surface area contributed by atoms with E-state index in [1.807, 2.05) is 13.8 Å². The highest BCUT2D eigenvalue weighted by molar-refractivity contribution is 4.62. The molecule has 4 N–H and O–H groups in total. The molecule has 0 unspecified atom stereocenters. The van der Waals surface area contributed by atoms with Gasteiger partial charge in [0, 0.05) is 6.61 Å². The van der Waals surface area contributed by atoms with Crippen LogP contribution >= 0.6 is 0 Å². The minimum absolute atomic E-state index is 0.251. The van der Waals surface area contributed by atoms with Gasteiger partial charge in [0.25, 0.3) is 0 Å². The van der Waals surface area contributed by atoms with Gasteiger partial charge in [0.2, 0.25) is 0 Å². The van der Waals surface area contributed by atoms with Crippen LogP contribution in [0.5, 0.6) is 0 Å². The van der Waals surface area contributed by atoms with Crippen molar-refractivity contribution in [2.45, 2.75) is 32.5 Å². The molecule has 0 atom stereocenters. The second-order valence-corrected chi connectivity index (χ2v) is 2.86. The molecular formula is C8H20N2O2. The molecule has 0 aliphatic rings. The van der Waals surface area contributed by atoms with Crippen molar-refractivity contribution in [2.24, 2.45) is 11.5 Å². The minimum Gasteiger partial charge on any atom is -0.376 e. The summed E-state index contributed by atoms with van der Waals surface area (Å²) in [5, 5.41) is 0. The fraction of sp³-hybridized carbons (Fsp3) is 1.00. The van der Waals surface area contributed by atoms with Crippen molar-refractivity contribution >= 4 is 0 Å². The Labute approximate surface area is 74.2 Å². The van der Waals surface area contributed by atoms with Gasteiger partial charge in [0.1, 0.15) is 6.61 Å². The van der Waals surface area contributed by atoms with Crippen LogP contribution in [0, 0.1) is 0 Å². The van der Waals surface area contributed by atoms with Gasteiger partial charge >= 0.3 is 0 Å². The first-order valence-electron chi connectivity index (χ1n) is 4.42. The van der Waals surface area contributed by atoms with E-state index >= 15 is 0 Å². The standard InChI is InChI=1S/C8H20N2O2/c1-3-5-11-7-8(9,10)12-6-4-2/h3-7,9-10H2,1-2H3. The first-order chi connectivity index (χ1) is 5.62. The quantitative estimate of drug-likeness (QED) is 0.435. The first kappa shape index (κ1) is 11.8. The molecule has 0 spiro atoms. The van der Waals surface area contributed by atoms with Crippen molar-refractivity contribution in [3.05, 3.63) is 0 Å². The maximum absolute atomic E-state index is 5.57. The third-order valence-electron chi connectivity index (χ3n) is 1.25. The van der Waals surface area contributed by atoms with E-state index in [-0.39, 0.29) is 6.61 Å². The number of nitrogens with two attached hydrogens (primary N) is 2. The lowest BCUT2D eigenvalue weighted by Crippen LogP contribution is -2.55. The SMILES string of the molecule is CCCOCC(N)(N)OCCC. The van der Waals surface area contributed by atoms with Crippen LogP contribution in [0.15, 0.2) is 0 Å². The van der Waals surface area contributed by atoms with Crippen LogP contribution in [0.3, 0.4) is 0 Å². The topological polar surface area (TPSA) is 70.5 Å². The van der Waals surface area contributed by atoms with Gasteiger partial charge in [-0.2, -0.15) is 0 Å². The van der Waals surface area contributed by atoms with E-state index in [0.29, 0.717) is 13.2 Å². The van der Waals surface area contributed by atoms with Crippen LogP contribution in [-0.4, -0.2) is 25.7 Å². The van der Waals surface area contributed by atoms with Crippen LogP contribution in [0.25, 0.3) is 0 Å². The Morgan fingerprint density at radius 3 is 2.17 bits per heavy atom. The third-order valence-corrected chi connectivity index (χ3v) is 1.25. The zero-order valence-corrected chi connectivity index (χ0v) is 8.01. The molecule has 0 aromatic carbocycles. The highest BCUT2D eigenvalue weighted by atomic mass is 16.6. The van der Waals surface area contributed by atoms with E-state index < -0.39 is 5.85 Å². The molecule has 0 aromatic heterocycles. The molecule has 0 amide bonds. The Kier molecular flexibility index (Phi) is 6.28. The second-order valence-electron chi connectivity index (χ2n) is 2.86. The Morgan fingerprint density at radius 2 is 1.67 bits per heavy atom. The van der Waals surface area contributed by atoms with Crippen molar-refractivity contribution in [1.82, 2.24) is 0 Å². The fourth-order valence-corrected chi connectivity index (χ4v) is 0.710. The highest BCUT2D eigenvalue weighted by Gasteiger charge is 2.18. The Hall–Kier alpha value is -0.160. The maximum atomic E-state index is 5.57. The zero-order chi connectivity index (χ0) is 9.45. The number of hydrogen-bond donors (Lipinski definition) is 2. The lowest BCUT2D eigenvalue weighted by molar-refractivity contribution is -0.0907. The van der Waals surface area contributed by atoms with Crippen molar-refractivity contribution < 1.29 is 9.47 Å². The van der Waals surface area contributed by atoms with Crippen molar-refractivity contribution in [1.29, 1.82) is 0 Å². The average molecular weight is 176 g/mol. The molecule has 4 nitrogen and oxygen atoms in total. The predicted molar refractivity (Wildman–Crippen MR) is 48.5 cm³/mol. The fourth-order valence-electron chi connectivity index (χ4n) is 0.710. The Bertz CT molecular complexity index is 107. The summed E-state index contributed by atoms with van der Waals surface area (Å²) in [7, 11) is 0. The predicted octanol–water partition coefficient (Wildman–Crippen LogP) is 0.411. The Balaban J connectivity index is 3.42. The van der Waals surface area contributed by atoms with Crippen LogP contribution in [0.1, 0.15) is 26.7 Å². The zero-order valence-electron chi connectivity index (χ0n) is 8.01. The van der Waals surface area contributed by atoms with Gasteiger partial charge in [-0.3, -0.25) is 11.5 Å². The molecule has 0 bridgehead atoms. The minimum atomic E-state index is -1.12. The molecule has 0 saturated heterocycles. The van der Waals surface area contributed by atoms with E-state index in [9.17, 15) is 0 Å². The molecule has 12 heavy (non-hydrogen) atoms. The normalized spacial score (nSPS) is 12.0. The monoisotopic (exact) mass is 176 g/mol. The van der Waals surface area contributed by atoms with Gasteiger partial charge in [0.05, 0.1) is 6.61 Å². The highest BCUT2D eigenvalue weighted by Crippen LogP contribution is 1.96. The summed E-state index contributed by atoms with van der Waals surface area (Å²) in [4.78, 5) is 0. The number of hydrogen-bond acceptors (Lipinski definition) is 4. The first-order valence-corrected chi connectivity index (χ1v) is 4.42. The summed E-state index contributed by atoms with van der Waals surface area (Å²) in [6.45, 7) is 5.53. The molecule has 4 heteroatoms. The molecule has 74 valence electrons. The van der Waals surface area contributed by atoms with Crippen LogP contribution < -0.4 is 11.5 Å². The lowest BCUT2D eigenvalue weighted by atomic mass is 10.4. The molecule has 0 rings (SSSR count). The molecule has 0 aliphatic heterocycles. The summed E-state index contributed by atoms with van der Waals surface area (Å²) in [5.41, 5.74) is 11.1. The molecule has 0 fully saturated rings. The summed E-state index contributed by atoms with van der Waals surface area (Å²) in [5.74, 6) is -1.12. The average Bonchev–Trinajstić information content (AvgIpc) is 2.01. The van der Waals surface area contributed by atoms with Gasteiger partial charge in [-0.05, 0) is 12.8 Å². The molecule has 0 heterocycles. The Morgan fingerprint density at radius 1 is 1.08 bits per heavy atom. The molecule has 0 aromatic rings. The summed E-state index contributed by atoms with van der Waals surface area (Å²) >= 11 is 0. The smallest absolute Gasteiger partial charge is 0.193 e. The molecular weight excluding hydrogens is 156 g/mol. The summed E-state index contributed by atoms with van der Waals surface area (Å²) in [6, 6.07) is 0. The van der Waals surface area contributed by atoms with E-state index in [4.69, 9.17) is 20.9 Å². The van der Waals surface area contributed by atoms with Crippen molar-refractivity contribution in [3.8, 4) is 0 Å². The summed E-state index contributed by atoms with van der Waals surface area (Å²) in [6.07, 6.45) is 1.87. The molecule has 0 aliphatic carbocycles. The van der Waals surface area contributed by atoms with Gasteiger partial charge in [-0.15, -0.1) is 0 Å². The van der Waals surface area contributed by atoms with Crippen LogP contribution in [0.2, 0.25) is 0 Å². The van der Waals surface area contributed by atoms with E-state index in [1.165, 1.54) is 0 Å². The van der Waals surface area contributed by atoms with Crippen LogP contribution in [-0.2, 0) is 9.47 Å². The van der Waals surface area contributed by atoms with Crippen molar-refractivity contribution in [2.75, 3.05) is 19.8 Å².